The molecule has 0 aliphatic carbocycles. The summed E-state index contributed by atoms with van der Waals surface area (Å²) in [7, 11) is 0. The fourth-order valence-electron chi connectivity index (χ4n) is 2.82. The van der Waals surface area contributed by atoms with E-state index in [1.54, 1.807) is 11.1 Å². The van der Waals surface area contributed by atoms with E-state index in [2.05, 4.69) is 38.0 Å². The molecule has 2 amide bonds. The first-order valence-corrected chi connectivity index (χ1v) is 8.22. The summed E-state index contributed by atoms with van der Waals surface area (Å²) in [6.07, 6.45) is 4.38. The van der Waals surface area contributed by atoms with Gasteiger partial charge in [-0.3, -0.25) is 14.7 Å². The van der Waals surface area contributed by atoms with Gasteiger partial charge in [-0.05, 0) is 47.0 Å². The van der Waals surface area contributed by atoms with Crippen LogP contribution in [-0.4, -0.2) is 40.0 Å². The number of amides is 2. The second-order valence-corrected chi connectivity index (χ2v) is 6.44. The Kier molecular flexibility index (Phi) is 4.47. The molecule has 120 valence electrons. The topological polar surface area (TPSA) is 78.1 Å². The molecule has 1 aliphatic heterocycles. The molecule has 1 fully saturated rings. The van der Waals surface area contributed by atoms with E-state index in [-0.39, 0.29) is 17.7 Å². The number of carbonyl (C=O) groups excluding carboxylic acids is 2. The minimum absolute atomic E-state index is 0.0125. The van der Waals surface area contributed by atoms with E-state index >= 15 is 0 Å². The first-order chi connectivity index (χ1) is 11.1. The van der Waals surface area contributed by atoms with Crippen LogP contribution in [0.15, 0.2) is 35.5 Å². The van der Waals surface area contributed by atoms with Crippen LogP contribution in [0.3, 0.4) is 0 Å². The third-order valence-corrected chi connectivity index (χ3v) is 4.78. The lowest BCUT2D eigenvalue weighted by molar-refractivity contribution is -0.130. The van der Waals surface area contributed by atoms with Gasteiger partial charge in [-0.15, -0.1) is 0 Å². The molecule has 0 bridgehead atoms. The van der Waals surface area contributed by atoms with Gasteiger partial charge in [0.1, 0.15) is 0 Å². The van der Waals surface area contributed by atoms with Crippen molar-refractivity contribution in [2.45, 2.75) is 12.8 Å². The maximum Gasteiger partial charge on any atom is 0.245 e. The number of piperidine rings is 1. The average molecular weight is 377 g/mol. The molecule has 2 aromatic rings. The molecule has 1 aliphatic rings. The van der Waals surface area contributed by atoms with Gasteiger partial charge < -0.3 is 10.2 Å². The highest BCUT2D eigenvalue weighted by molar-refractivity contribution is 9.10. The zero-order valence-corrected chi connectivity index (χ0v) is 14.1. The van der Waals surface area contributed by atoms with E-state index in [4.69, 9.17) is 0 Å². The van der Waals surface area contributed by atoms with Crippen molar-refractivity contribution in [1.82, 2.24) is 15.1 Å². The van der Waals surface area contributed by atoms with Gasteiger partial charge in [0.15, 0.2) is 0 Å². The summed E-state index contributed by atoms with van der Waals surface area (Å²) in [5.74, 6) is -0.168. The van der Waals surface area contributed by atoms with Crippen LogP contribution >= 0.6 is 15.9 Å². The molecule has 7 heteroatoms. The number of aromatic amines is 1. The minimum atomic E-state index is -0.0832. The fraction of sp³-hybridized carbons (Fsp3) is 0.312. The van der Waals surface area contributed by atoms with Crippen molar-refractivity contribution in [3.63, 3.8) is 0 Å². The molecule has 2 N–H and O–H groups in total. The van der Waals surface area contributed by atoms with Crippen molar-refractivity contribution in [3.8, 4) is 0 Å². The SMILES string of the molecule is C=CC(=O)N1CCC(C(=O)Nc2cc(Br)c3cn[nH]c3c2)CC1. The Morgan fingerprint density at radius 3 is 2.83 bits per heavy atom. The number of halogens is 1. The van der Waals surface area contributed by atoms with Crippen molar-refractivity contribution < 1.29 is 9.59 Å². The average Bonchev–Trinajstić information content (AvgIpc) is 3.03. The molecule has 0 spiro atoms. The Balaban J connectivity index is 1.65. The molecular formula is C16H17BrN4O2. The summed E-state index contributed by atoms with van der Waals surface area (Å²) in [5, 5.41) is 10.8. The Labute approximate surface area is 142 Å². The van der Waals surface area contributed by atoms with E-state index in [0.717, 1.165) is 21.1 Å². The lowest BCUT2D eigenvalue weighted by atomic mass is 9.95. The van der Waals surface area contributed by atoms with Crippen LogP contribution < -0.4 is 5.32 Å². The van der Waals surface area contributed by atoms with Crippen LogP contribution in [0, 0.1) is 5.92 Å². The van der Waals surface area contributed by atoms with Gasteiger partial charge >= 0.3 is 0 Å². The fourth-order valence-corrected chi connectivity index (χ4v) is 3.38. The highest BCUT2D eigenvalue weighted by Gasteiger charge is 2.26. The van der Waals surface area contributed by atoms with Gasteiger partial charge in [0.05, 0.1) is 11.7 Å². The standard InChI is InChI=1S/C16H17BrN4O2/c1-2-15(22)21-5-3-10(4-6-21)16(23)19-11-7-13(17)12-9-18-20-14(12)8-11/h2,7-10H,1,3-6H2,(H,18,20)(H,19,23). The predicted octanol–water partition coefficient (Wildman–Crippen LogP) is 2.69. The van der Waals surface area contributed by atoms with Gasteiger partial charge in [0.25, 0.3) is 0 Å². The van der Waals surface area contributed by atoms with Crippen LogP contribution in [0.1, 0.15) is 12.8 Å². The molecule has 0 unspecified atom stereocenters. The van der Waals surface area contributed by atoms with Crippen LogP contribution in [0.25, 0.3) is 10.9 Å². The maximum atomic E-state index is 12.4. The summed E-state index contributed by atoms with van der Waals surface area (Å²) < 4.78 is 0.880. The summed E-state index contributed by atoms with van der Waals surface area (Å²) in [5.41, 5.74) is 1.59. The summed E-state index contributed by atoms with van der Waals surface area (Å²) in [4.78, 5) is 25.7. The highest BCUT2D eigenvalue weighted by Crippen LogP contribution is 2.27. The number of benzene rings is 1. The zero-order valence-electron chi connectivity index (χ0n) is 12.5. The number of hydrogen-bond donors (Lipinski definition) is 2. The van der Waals surface area contributed by atoms with Crippen LogP contribution in [-0.2, 0) is 9.59 Å². The Morgan fingerprint density at radius 1 is 1.39 bits per heavy atom. The van der Waals surface area contributed by atoms with Crippen molar-refractivity contribution >= 4 is 44.3 Å². The molecule has 23 heavy (non-hydrogen) atoms. The Morgan fingerprint density at radius 2 is 2.13 bits per heavy atom. The second kappa shape index (κ2) is 6.54. The van der Waals surface area contributed by atoms with Gasteiger partial charge in [0, 0.05) is 34.6 Å². The van der Waals surface area contributed by atoms with E-state index in [0.29, 0.717) is 25.9 Å². The number of aromatic nitrogens is 2. The summed E-state index contributed by atoms with van der Waals surface area (Å²) in [6.45, 7) is 4.67. The number of likely N-dealkylation sites (tertiary alicyclic amines) is 1. The first-order valence-electron chi connectivity index (χ1n) is 7.43. The number of nitrogens with zero attached hydrogens (tertiary/aromatic N) is 2. The number of hydrogen-bond acceptors (Lipinski definition) is 3. The van der Waals surface area contributed by atoms with Crippen molar-refractivity contribution in [3.05, 3.63) is 35.5 Å². The van der Waals surface area contributed by atoms with Crippen molar-refractivity contribution in [2.24, 2.45) is 5.92 Å². The minimum Gasteiger partial charge on any atom is -0.339 e. The predicted molar refractivity (Wildman–Crippen MR) is 91.9 cm³/mol. The maximum absolute atomic E-state index is 12.4. The molecule has 0 radical (unpaired) electrons. The molecule has 1 saturated heterocycles. The largest absolute Gasteiger partial charge is 0.339 e. The first kappa shape index (κ1) is 15.7. The van der Waals surface area contributed by atoms with Crippen molar-refractivity contribution in [2.75, 3.05) is 18.4 Å². The number of fused-ring (bicyclic) bond motifs is 1. The lowest BCUT2D eigenvalue weighted by Crippen LogP contribution is -2.40. The third kappa shape index (κ3) is 3.29. The quantitative estimate of drug-likeness (QED) is 0.808. The van der Waals surface area contributed by atoms with Gasteiger partial charge in [-0.25, -0.2) is 0 Å². The molecule has 2 heterocycles. The summed E-state index contributed by atoms with van der Waals surface area (Å²) >= 11 is 3.48. The Hall–Kier alpha value is -2.15. The molecule has 0 atom stereocenters. The third-order valence-electron chi connectivity index (χ3n) is 4.13. The molecule has 1 aromatic carbocycles. The number of carbonyl (C=O) groups is 2. The number of nitrogens with one attached hydrogen (secondary N) is 2. The van der Waals surface area contributed by atoms with E-state index in [1.165, 1.54) is 6.08 Å². The molecule has 0 saturated carbocycles. The molecule has 3 rings (SSSR count). The smallest absolute Gasteiger partial charge is 0.245 e. The van der Waals surface area contributed by atoms with Gasteiger partial charge in [-0.2, -0.15) is 5.10 Å². The highest BCUT2D eigenvalue weighted by atomic mass is 79.9. The number of anilines is 1. The van der Waals surface area contributed by atoms with E-state index in [1.807, 2.05) is 12.1 Å². The molecule has 6 nitrogen and oxygen atoms in total. The van der Waals surface area contributed by atoms with E-state index < -0.39 is 0 Å². The summed E-state index contributed by atoms with van der Waals surface area (Å²) in [6, 6.07) is 3.73. The van der Waals surface area contributed by atoms with Crippen LogP contribution in [0.5, 0.6) is 0 Å². The molecular weight excluding hydrogens is 360 g/mol. The van der Waals surface area contributed by atoms with Gasteiger partial charge in [0.2, 0.25) is 11.8 Å². The van der Waals surface area contributed by atoms with Gasteiger partial charge in [-0.1, -0.05) is 6.58 Å². The molecule has 1 aromatic heterocycles. The number of rotatable bonds is 3. The van der Waals surface area contributed by atoms with Crippen LogP contribution in [0.4, 0.5) is 5.69 Å². The van der Waals surface area contributed by atoms with Crippen LogP contribution in [0.2, 0.25) is 0 Å². The Bertz CT molecular complexity index is 763. The lowest BCUT2D eigenvalue weighted by Gasteiger charge is -2.30. The monoisotopic (exact) mass is 376 g/mol. The zero-order chi connectivity index (χ0) is 16.4. The van der Waals surface area contributed by atoms with Crippen molar-refractivity contribution in [1.29, 1.82) is 0 Å². The van der Waals surface area contributed by atoms with E-state index in [9.17, 15) is 9.59 Å². The number of H-pyrrole nitrogens is 1. The normalized spacial score (nSPS) is 15.6. The second-order valence-electron chi connectivity index (χ2n) is 5.58.